The summed E-state index contributed by atoms with van der Waals surface area (Å²) in [5, 5.41) is 10.5. The first-order valence-corrected chi connectivity index (χ1v) is 9.16. The van der Waals surface area contributed by atoms with E-state index in [1.165, 1.54) is 32.1 Å². The van der Waals surface area contributed by atoms with Gasteiger partial charge in [0.1, 0.15) is 0 Å². The lowest BCUT2D eigenvalue weighted by Gasteiger charge is -2.65. The van der Waals surface area contributed by atoms with Gasteiger partial charge in [0.25, 0.3) is 0 Å². The molecule has 0 radical (unpaired) electrons. The van der Waals surface area contributed by atoms with Crippen molar-refractivity contribution in [1.82, 2.24) is 0 Å². The lowest BCUT2D eigenvalue weighted by molar-refractivity contribution is -0.173. The summed E-state index contributed by atoms with van der Waals surface area (Å²) in [5.41, 5.74) is 1.10. The molecule has 7 atom stereocenters. The lowest BCUT2D eigenvalue weighted by atomic mass is 9.40. The Bertz CT molecular complexity index is 478. The number of allylic oxidation sites excluding steroid dienone is 2. The van der Waals surface area contributed by atoms with Crippen molar-refractivity contribution in [3.8, 4) is 0 Å². The van der Waals surface area contributed by atoms with E-state index < -0.39 is 0 Å². The zero-order valence-corrected chi connectivity index (χ0v) is 14.2. The fourth-order valence-corrected chi connectivity index (χ4v) is 7.13. The van der Waals surface area contributed by atoms with Gasteiger partial charge in [-0.1, -0.05) is 39.8 Å². The second kappa shape index (κ2) is 4.16. The van der Waals surface area contributed by atoms with Crippen molar-refractivity contribution < 1.29 is 5.11 Å². The van der Waals surface area contributed by atoms with Crippen LogP contribution < -0.4 is 0 Å². The molecule has 118 valence electrons. The molecule has 0 unspecified atom stereocenters. The van der Waals surface area contributed by atoms with E-state index in [1.54, 1.807) is 0 Å². The fraction of sp³-hybridized carbons (Fsp3) is 0.900. The third-order valence-corrected chi connectivity index (χ3v) is 8.56. The highest BCUT2D eigenvalue weighted by Crippen LogP contribution is 2.68. The van der Waals surface area contributed by atoms with Crippen molar-refractivity contribution in [3.05, 3.63) is 12.2 Å². The first-order chi connectivity index (χ1) is 9.79. The summed E-state index contributed by atoms with van der Waals surface area (Å²) in [6.07, 6.45) is 12.7. The molecule has 4 aliphatic rings. The van der Waals surface area contributed by atoms with Crippen molar-refractivity contribution in [2.75, 3.05) is 0 Å². The maximum atomic E-state index is 10.5. The van der Waals surface area contributed by atoms with Crippen molar-refractivity contribution in [2.45, 2.75) is 72.3 Å². The monoisotopic (exact) mass is 288 g/mol. The van der Waals surface area contributed by atoms with Crippen LogP contribution in [-0.2, 0) is 0 Å². The molecular formula is C20H32O. The molecule has 0 heterocycles. The van der Waals surface area contributed by atoms with E-state index in [9.17, 15) is 5.11 Å². The average Bonchev–Trinajstić information content (AvgIpc) is 2.40. The molecule has 3 fully saturated rings. The van der Waals surface area contributed by atoms with Crippen LogP contribution in [0.25, 0.3) is 0 Å². The molecule has 4 rings (SSSR count). The molecule has 1 nitrogen and oxygen atoms in total. The lowest BCUT2D eigenvalue weighted by Crippen LogP contribution is -2.59. The van der Waals surface area contributed by atoms with Crippen LogP contribution >= 0.6 is 0 Å². The Morgan fingerprint density at radius 2 is 1.71 bits per heavy atom. The average molecular weight is 288 g/mol. The van der Waals surface area contributed by atoms with Gasteiger partial charge < -0.3 is 5.11 Å². The van der Waals surface area contributed by atoms with E-state index in [1.807, 2.05) is 0 Å². The third-order valence-electron chi connectivity index (χ3n) is 8.56. The first kappa shape index (κ1) is 14.3. The van der Waals surface area contributed by atoms with Gasteiger partial charge in [0.15, 0.2) is 0 Å². The number of rotatable bonds is 0. The number of aliphatic hydroxyl groups excluding tert-OH is 1. The minimum atomic E-state index is -0.0930. The van der Waals surface area contributed by atoms with Gasteiger partial charge in [0.05, 0.1) is 6.10 Å². The van der Waals surface area contributed by atoms with Crippen molar-refractivity contribution in [2.24, 2.45) is 39.9 Å². The van der Waals surface area contributed by atoms with E-state index in [4.69, 9.17) is 0 Å². The standard InChI is InChI=1S/C20H32O/c1-18(2)16-6-5-13-14-7-10-19(14,3)11-8-15(13)20(16,4)12-9-17(18)21/h7,10,13-17,21H,5-6,8-9,11-12H2,1-4H3/t13-,14+,15-,16-,17-,19-,20-/m0/s1. The maximum Gasteiger partial charge on any atom is 0.0594 e. The SMILES string of the molecule is CC1(C)[C@@H](O)CC[C@@]2(C)[C@H]3CC[C@]4(C)C=C[C@@H]4[C@@H]3CC[C@@H]12. The van der Waals surface area contributed by atoms with E-state index in [0.717, 1.165) is 24.2 Å². The maximum absolute atomic E-state index is 10.5. The van der Waals surface area contributed by atoms with Crippen LogP contribution in [0.2, 0.25) is 0 Å². The van der Waals surface area contributed by atoms with Crippen LogP contribution in [0.3, 0.4) is 0 Å². The molecule has 0 bridgehead atoms. The molecule has 0 aromatic heterocycles. The molecule has 1 N–H and O–H groups in total. The molecular weight excluding hydrogens is 256 g/mol. The van der Waals surface area contributed by atoms with Gasteiger partial charge in [0.2, 0.25) is 0 Å². The zero-order valence-electron chi connectivity index (χ0n) is 14.2. The predicted octanol–water partition coefficient (Wildman–Crippen LogP) is 4.80. The molecule has 0 aliphatic heterocycles. The molecule has 21 heavy (non-hydrogen) atoms. The molecule has 4 aliphatic carbocycles. The highest BCUT2D eigenvalue weighted by molar-refractivity contribution is 5.23. The number of aliphatic hydroxyl groups is 1. The Labute approximate surface area is 130 Å². The van der Waals surface area contributed by atoms with Crippen molar-refractivity contribution >= 4 is 0 Å². The molecule has 3 saturated carbocycles. The minimum Gasteiger partial charge on any atom is -0.393 e. The molecule has 1 heteroatoms. The largest absolute Gasteiger partial charge is 0.393 e. The molecule has 0 aromatic carbocycles. The summed E-state index contributed by atoms with van der Waals surface area (Å²) in [4.78, 5) is 0. The second-order valence-corrected chi connectivity index (χ2v) is 9.71. The minimum absolute atomic E-state index is 0.0930. The summed E-state index contributed by atoms with van der Waals surface area (Å²) in [7, 11) is 0. The van der Waals surface area contributed by atoms with Crippen LogP contribution in [0.15, 0.2) is 12.2 Å². The molecule has 0 saturated heterocycles. The van der Waals surface area contributed by atoms with Crippen molar-refractivity contribution in [3.63, 3.8) is 0 Å². The zero-order chi connectivity index (χ0) is 15.0. The highest BCUT2D eigenvalue weighted by Gasteiger charge is 2.61. The van der Waals surface area contributed by atoms with Gasteiger partial charge in [-0.15, -0.1) is 0 Å². The Balaban J connectivity index is 1.68. The van der Waals surface area contributed by atoms with Crippen LogP contribution in [0.5, 0.6) is 0 Å². The highest BCUT2D eigenvalue weighted by atomic mass is 16.3. The molecule has 0 spiro atoms. The van der Waals surface area contributed by atoms with E-state index in [0.29, 0.717) is 16.7 Å². The van der Waals surface area contributed by atoms with Gasteiger partial charge in [-0.25, -0.2) is 0 Å². The Morgan fingerprint density at radius 3 is 2.38 bits per heavy atom. The Kier molecular flexibility index (Phi) is 2.83. The smallest absolute Gasteiger partial charge is 0.0594 e. The van der Waals surface area contributed by atoms with E-state index in [-0.39, 0.29) is 11.5 Å². The summed E-state index contributed by atoms with van der Waals surface area (Å²) in [5.74, 6) is 3.37. The predicted molar refractivity (Wildman–Crippen MR) is 86.8 cm³/mol. The van der Waals surface area contributed by atoms with Crippen LogP contribution in [-0.4, -0.2) is 11.2 Å². The summed E-state index contributed by atoms with van der Waals surface area (Å²) < 4.78 is 0. The fourth-order valence-electron chi connectivity index (χ4n) is 7.13. The summed E-state index contributed by atoms with van der Waals surface area (Å²) in [6.45, 7) is 9.72. The molecule has 0 aromatic rings. The van der Waals surface area contributed by atoms with Gasteiger partial charge in [-0.3, -0.25) is 0 Å². The number of hydrogen-bond donors (Lipinski definition) is 1. The molecule has 0 amide bonds. The van der Waals surface area contributed by atoms with Gasteiger partial charge in [-0.05, 0) is 78.4 Å². The second-order valence-electron chi connectivity index (χ2n) is 9.71. The van der Waals surface area contributed by atoms with Crippen LogP contribution in [0, 0.1) is 39.9 Å². The normalized spacial score (nSPS) is 57.7. The first-order valence-electron chi connectivity index (χ1n) is 9.16. The van der Waals surface area contributed by atoms with E-state index in [2.05, 4.69) is 39.8 Å². The topological polar surface area (TPSA) is 20.2 Å². The number of hydrogen-bond acceptors (Lipinski definition) is 1. The van der Waals surface area contributed by atoms with Crippen LogP contribution in [0.4, 0.5) is 0 Å². The number of fused-ring (bicyclic) bond motifs is 5. The van der Waals surface area contributed by atoms with Crippen LogP contribution in [0.1, 0.15) is 66.2 Å². The van der Waals surface area contributed by atoms with Gasteiger partial charge >= 0.3 is 0 Å². The third kappa shape index (κ3) is 1.68. The Hall–Kier alpha value is -0.300. The quantitative estimate of drug-likeness (QED) is 0.635. The Morgan fingerprint density at radius 1 is 0.952 bits per heavy atom. The summed E-state index contributed by atoms with van der Waals surface area (Å²) in [6, 6.07) is 0. The van der Waals surface area contributed by atoms with Gasteiger partial charge in [-0.2, -0.15) is 0 Å². The van der Waals surface area contributed by atoms with Gasteiger partial charge in [0, 0.05) is 0 Å². The summed E-state index contributed by atoms with van der Waals surface area (Å²) >= 11 is 0. The van der Waals surface area contributed by atoms with E-state index >= 15 is 0 Å². The van der Waals surface area contributed by atoms with Crippen molar-refractivity contribution in [1.29, 1.82) is 0 Å².